The minimum absolute atomic E-state index is 0.0289. The van der Waals surface area contributed by atoms with Crippen molar-refractivity contribution in [1.29, 1.82) is 0 Å². The highest BCUT2D eigenvalue weighted by molar-refractivity contribution is 7.90. The summed E-state index contributed by atoms with van der Waals surface area (Å²) in [6.45, 7) is 1.07. The Labute approximate surface area is 154 Å². The van der Waals surface area contributed by atoms with Crippen LogP contribution >= 0.6 is 0 Å². The predicted molar refractivity (Wildman–Crippen MR) is 98.0 cm³/mol. The molecule has 1 heterocycles. The second-order valence-electron chi connectivity index (χ2n) is 5.88. The molecule has 2 N–H and O–H groups in total. The molecule has 0 bridgehead atoms. The van der Waals surface area contributed by atoms with Gasteiger partial charge in [0.2, 0.25) is 11.8 Å². The van der Waals surface area contributed by atoms with E-state index in [9.17, 15) is 22.4 Å². The van der Waals surface area contributed by atoms with Crippen LogP contribution < -0.4 is 10.0 Å². The van der Waals surface area contributed by atoms with Gasteiger partial charge in [-0.05, 0) is 53.9 Å². The standard InChI is InChI=1S/C18H16FN3O4S/c1-12(23)21-27(25,26)16-6-4-15(5-7-16)20-18(24)11-22-9-8-13-2-3-14(19)10-17(13)22/h2-10H,11H2,1H3,(H,20,24)(H,21,23). The minimum atomic E-state index is -3.93. The van der Waals surface area contributed by atoms with Crippen LogP contribution in [0.3, 0.4) is 0 Å². The van der Waals surface area contributed by atoms with Crippen LogP contribution in [0.1, 0.15) is 6.92 Å². The molecule has 0 spiro atoms. The van der Waals surface area contributed by atoms with Crippen LogP contribution in [0.4, 0.5) is 10.1 Å². The van der Waals surface area contributed by atoms with E-state index in [2.05, 4.69) is 5.32 Å². The zero-order valence-corrected chi connectivity index (χ0v) is 15.1. The highest BCUT2D eigenvalue weighted by Gasteiger charge is 2.15. The topological polar surface area (TPSA) is 97.3 Å². The van der Waals surface area contributed by atoms with Gasteiger partial charge in [-0.25, -0.2) is 17.5 Å². The average Bonchev–Trinajstić information content (AvgIpc) is 2.96. The maximum Gasteiger partial charge on any atom is 0.264 e. The van der Waals surface area contributed by atoms with Gasteiger partial charge in [0.25, 0.3) is 10.0 Å². The molecule has 0 aliphatic heterocycles. The smallest absolute Gasteiger partial charge is 0.264 e. The molecule has 3 rings (SSSR count). The van der Waals surface area contributed by atoms with Crippen LogP contribution in [0.5, 0.6) is 0 Å². The van der Waals surface area contributed by atoms with Crippen LogP contribution in [0.25, 0.3) is 10.9 Å². The summed E-state index contributed by atoms with van der Waals surface area (Å²) in [5.74, 6) is -1.43. The predicted octanol–water partition coefficient (Wildman–Crippen LogP) is 2.24. The van der Waals surface area contributed by atoms with Crippen molar-refractivity contribution in [2.45, 2.75) is 18.4 Å². The fraction of sp³-hybridized carbons (Fsp3) is 0.111. The number of nitrogens with one attached hydrogen (secondary N) is 2. The second-order valence-corrected chi connectivity index (χ2v) is 7.56. The molecule has 1 aromatic heterocycles. The average molecular weight is 389 g/mol. The molecule has 27 heavy (non-hydrogen) atoms. The molecule has 0 saturated heterocycles. The molecule has 3 aromatic rings. The van der Waals surface area contributed by atoms with E-state index in [1.807, 2.05) is 4.72 Å². The highest BCUT2D eigenvalue weighted by atomic mass is 32.2. The van der Waals surface area contributed by atoms with E-state index in [4.69, 9.17) is 0 Å². The van der Waals surface area contributed by atoms with Crippen molar-refractivity contribution in [3.05, 3.63) is 60.5 Å². The number of amides is 2. The van der Waals surface area contributed by atoms with E-state index in [1.165, 1.54) is 36.4 Å². The van der Waals surface area contributed by atoms with Crippen molar-refractivity contribution in [2.75, 3.05) is 5.32 Å². The lowest BCUT2D eigenvalue weighted by Crippen LogP contribution is -2.28. The lowest BCUT2D eigenvalue weighted by molar-refractivity contribution is -0.117. The monoisotopic (exact) mass is 389 g/mol. The third-order valence-electron chi connectivity index (χ3n) is 3.78. The van der Waals surface area contributed by atoms with Crippen molar-refractivity contribution in [3.8, 4) is 0 Å². The van der Waals surface area contributed by atoms with Crippen molar-refractivity contribution >= 4 is 38.4 Å². The fourth-order valence-electron chi connectivity index (χ4n) is 2.62. The summed E-state index contributed by atoms with van der Waals surface area (Å²) in [4.78, 5) is 23.1. The van der Waals surface area contributed by atoms with Gasteiger partial charge in [-0.15, -0.1) is 0 Å². The summed E-state index contributed by atoms with van der Waals surface area (Å²) < 4.78 is 40.6. The Bertz CT molecular complexity index is 1120. The van der Waals surface area contributed by atoms with Crippen molar-refractivity contribution in [3.63, 3.8) is 0 Å². The van der Waals surface area contributed by atoms with Gasteiger partial charge in [0, 0.05) is 18.8 Å². The maximum absolute atomic E-state index is 13.4. The largest absolute Gasteiger partial charge is 0.338 e. The number of carbonyl (C=O) groups is 2. The van der Waals surface area contributed by atoms with Crippen LogP contribution in [0.2, 0.25) is 0 Å². The number of carbonyl (C=O) groups excluding carboxylic acids is 2. The molecular weight excluding hydrogens is 373 g/mol. The normalized spacial score (nSPS) is 11.3. The quantitative estimate of drug-likeness (QED) is 0.699. The highest BCUT2D eigenvalue weighted by Crippen LogP contribution is 2.18. The molecule has 2 amide bonds. The lowest BCUT2D eigenvalue weighted by atomic mass is 10.2. The number of nitrogens with zero attached hydrogens (tertiary/aromatic N) is 1. The van der Waals surface area contributed by atoms with E-state index in [-0.39, 0.29) is 23.2 Å². The third-order valence-corrected chi connectivity index (χ3v) is 5.23. The zero-order chi connectivity index (χ0) is 19.6. The Morgan fingerprint density at radius 2 is 1.78 bits per heavy atom. The van der Waals surface area contributed by atoms with Crippen LogP contribution in [-0.2, 0) is 26.2 Å². The van der Waals surface area contributed by atoms with Gasteiger partial charge in [-0.1, -0.05) is 0 Å². The summed E-state index contributed by atoms with van der Waals surface area (Å²) in [6, 6.07) is 11.5. The maximum atomic E-state index is 13.4. The molecule has 0 fully saturated rings. The van der Waals surface area contributed by atoms with E-state index in [0.717, 1.165) is 12.3 Å². The first-order chi connectivity index (χ1) is 12.7. The SMILES string of the molecule is CC(=O)NS(=O)(=O)c1ccc(NC(=O)Cn2ccc3ccc(F)cc32)cc1. The minimum Gasteiger partial charge on any atom is -0.338 e. The first-order valence-electron chi connectivity index (χ1n) is 7.92. The number of halogens is 1. The first-order valence-corrected chi connectivity index (χ1v) is 9.40. The van der Waals surface area contributed by atoms with Crippen molar-refractivity contribution in [2.24, 2.45) is 0 Å². The number of aromatic nitrogens is 1. The third kappa shape index (κ3) is 4.32. The van der Waals surface area contributed by atoms with E-state index in [1.54, 1.807) is 22.9 Å². The molecule has 0 atom stereocenters. The summed E-state index contributed by atoms with van der Waals surface area (Å²) >= 11 is 0. The molecule has 9 heteroatoms. The number of rotatable bonds is 5. The summed E-state index contributed by atoms with van der Waals surface area (Å²) in [7, 11) is -3.93. The molecule has 0 radical (unpaired) electrons. The van der Waals surface area contributed by atoms with Gasteiger partial charge in [0.1, 0.15) is 12.4 Å². The van der Waals surface area contributed by atoms with E-state index >= 15 is 0 Å². The molecule has 0 aliphatic carbocycles. The fourth-order valence-corrected chi connectivity index (χ4v) is 3.61. The zero-order valence-electron chi connectivity index (χ0n) is 14.3. The van der Waals surface area contributed by atoms with Crippen LogP contribution in [0.15, 0.2) is 59.6 Å². The molecule has 0 unspecified atom stereocenters. The van der Waals surface area contributed by atoms with Gasteiger partial charge < -0.3 is 9.88 Å². The molecule has 0 aliphatic rings. The molecule has 7 nitrogen and oxygen atoms in total. The Morgan fingerprint density at radius 1 is 1.07 bits per heavy atom. The number of hydrogen-bond acceptors (Lipinski definition) is 4. The Morgan fingerprint density at radius 3 is 2.44 bits per heavy atom. The van der Waals surface area contributed by atoms with Crippen LogP contribution in [-0.4, -0.2) is 24.8 Å². The molecule has 2 aromatic carbocycles. The first kappa shape index (κ1) is 18.6. The Kier molecular flexibility index (Phi) is 4.95. The van der Waals surface area contributed by atoms with Gasteiger partial charge in [0.05, 0.1) is 10.4 Å². The lowest BCUT2D eigenvalue weighted by Gasteiger charge is -2.09. The van der Waals surface area contributed by atoms with E-state index < -0.39 is 15.9 Å². The Balaban J connectivity index is 1.71. The summed E-state index contributed by atoms with van der Waals surface area (Å²) in [5, 5.41) is 3.46. The number of hydrogen-bond donors (Lipinski definition) is 2. The van der Waals surface area contributed by atoms with Gasteiger partial charge in [-0.3, -0.25) is 9.59 Å². The van der Waals surface area contributed by atoms with Crippen molar-refractivity contribution in [1.82, 2.24) is 9.29 Å². The molecular formula is C18H16FN3O4S. The van der Waals surface area contributed by atoms with E-state index in [0.29, 0.717) is 11.2 Å². The molecule has 140 valence electrons. The van der Waals surface area contributed by atoms with Gasteiger partial charge in [-0.2, -0.15) is 0 Å². The van der Waals surface area contributed by atoms with Gasteiger partial charge in [0.15, 0.2) is 0 Å². The van der Waals surface area contributed by atoms with Gasteiger partial charge >= 0.3 is 0 Å². The second kappa shape index (κ2) is 7.20. The summed E-state index contributed by atoms with van der Waals surface area (Å²) in [5.41, 5.74) is 0.992. The number of anilines is 1. The van der Waals surface area contributed by atoms with Crippen molar-refractivity contribution < 1.29 is 22.4 Å². The van der Waals surface area contributed by atoms with Crippen LogP contribution in [0, 0.1) is 5.82 Å². The Hall–Kier alpha value is -3.20. The summed E-state index contributed by atoms with van der Waals surface area (Å²) in [6.07, 6.45) is 1.69. The number of fused-ring (bicyclic) bond motifs is 1. The number of benzene rings is 2. The number of sulfonamides is 1. The molecule has 0 saturated carbocycles.